The first kappa shape index (κ1) is 15.0. The maximum Gasteiger partial charge on any atom is 0.325 e. The summed E-state index contributed by atoms with van der Waals surface area (Å²) in [6.45, 7) is 3.17. The molecule has 1 fully saturated rings. The third kappa shape index (κ3) is 2.61. The van der Waals surface area contributed by atoms with E-state index < -0.39 is 11.6 Å². The summed E-state index contributed by atoms with van der Waals surface area (Å²) >= 11 is 0. The zero-order valence-electron chi connectivity index (χ0n) is 12.3. The molecular weight excluding hydrogens is 272 g/mol. The standard InChI is InChI=1S/C15H18N2O4/c1-4-15(2)13(19)17(14(20)16-15)9-11(18)10-7-5-6-8-12(10)21-3/h5-8H,4,9H2,1-3H3,(H,16,20). The highest BCUT2D eigenvalue weighted by Crippen LogP contribution is 2.23. The molecule has 1 unspecified atom stereocenters. The third-order valence-electron chi connectivity index (χ3n) is 3.76. The van der Waals surface area contributed by atoms with Crippen LogP contribution < -0.4 is 10.1 Å². The predicted octanol–water partition coefficient (Wildman–Crippen LogP) is 1.60. The number of Topliss-reactive ketones (excluding diaryl/α,β-unsaturated/α-hetero) is 1. The molecule has 1 aromatic carbocycles. The number of nitrogens with zero attached hydrogens (tertiary/aromatic N) is 1. The number of para-hydroxylation sites is 1. The minimum Gasteiger partial charge on any atom is -0.496 e. The highest BCUT2D eigenvalue weighted by Gasteiger charge is 2.47. The molecule has 6 nitrogen and oxygen atoms in total. The number of methoxy groups -OCH3 is 1. The number of hydrogen-bond acceptors (Lipinski definition) is 4. The van der Waals surface area contributed by atoms with Gasteiger partial charge in [-0.1, -0.05) is 19.1 Å². The number of ketones is 1. The monoisotopic (exact) mass is 290 g/mol. The molecular formula is C15H18N2O4. The number of carbonyl (C=O) groups excluding carboxylic acids is 3. The van der Waals surface area contributed by atoms with Gasteiger partial charge in [0.05, 0.1) is 19.2 Å². The van der Waals surface area contributed by atoms with Crippen LogP contribution in [-0.4, -0.2) is 41.8 Å². The minimum absolute atomic E-state index is 0.291. The number of rotatable bonds is 5. The van der Waals surface area contributed by atoms with Gasteiger partial charge in [0.25, 0.3) is 5.91 Å². The van der Waals surface area contributed by atoms with E-state index >= 15 is 0 Å². The van der Waals surface area contributed by atoms with Gasteiger partial charge in [-0.25, -0.2) is 4.79 Å². The van der Waals surface area contributed by atoms with Gasteiger partial charge in [0.2, 0.25) is 0 Å². The second-order valence-corrected chi connectivity index (χ2v) is 5.13. The van der Waals surface area contributed by atoms with Crippen LogP contribution in [-0.2, 0) is 4.79 Å². The van der Waals surface area contributed by atoms with Crippen LogP contribution in [0.25, 0.3) is 0 Å². The van der Waals surface area contributed by atoms with E-state index in [4.69, 9.17) is 4.74 Å². The van der Waals surface area contributed by atoms with Crippen molar-refractivity contribution in [3.63, 3.8) is 0 Å². The van der Waals surface area contributed by atoms with Crippen molar-refractivity contribution < 1.29 is 19.1 Å². The minimum atomic E-state index is -0.932. The molecule has 1 atom stereocenters. The van der Waals surface area contributed by atoms with E-state index in [1.807, 2.05) is 6.92 Å². The van der Waals surface area contributed by atoms with Gasteiger partial charge in [-0.2, -0.15) is 0 Å². The Morgan fingerprint density at radius 3 is 2.57 bits per heavy atom. The van der Waals surface area contributed by atoms with Crippen LogP contribution in [0.15, 0.2) is 24.3 Å². The van der Waals surface area contributed by atoms with Gasteiger partial charge in [-0.05, 0) is 25.5 Å². The summed E-state index contributed by atoms with van der Waals surface area (Å²) in [4.78, 5) is 37.4. The molecule has 1 aliphatic rings. The Balaban J connectivity index is 2.20. The van der Waals surface area contributed by atoms with Crippen LogP contribution in [0.1, 0.15) is 30.6 Å². The number of urea groups is 1. The molecule has 1 N–H and O–H groups in total. The molecule has 1 saturated heterocycles. The number of imide groups is 1. The van der Waals surface area contributed by atoms with Crippen molar-refractivity contribution in [2.45, 2.75) is 25.8 Å². The highest BCUT2D eigenvalue weighted by atomic mass is 16.5. The van der Waals surface area contributed by atoms with E-state index in [1.165, 1.54) is 7.11 Å². The maximum absolute atomic E-state index is 12.3. The van der Waals surface area contributed by atoms with Crippen LogP contribution >= 0.6 is 0 Å². The fourth-order valence-corrected chi connectivity index (χ4v) is 2.23. The topological polar surface area (TPSA) is 75.7 Å². The zero-order valence-corrected chi connectivity index (χ0v) is 12.3. The van der Waals surface area contributed by atoms with Crippen LogP contribution in [0.4, 0.5) is 4.79 Å². The van der Waals surface area contributed by atoms with E-state index in [9.17, 15) is 14.4 Å². The average molecular weight is 290 g/mol. The lowest BCUT2D eigenvalue weighted by Crippen LogP contribution is -2.43. The maximum atomic E-state index is 12.3. The van der Waals surface area contributed by atoms with E-state index in [0.29, 0.717) is 17.7 Å². The molecule has 3 amide bonds. The predicted molar refractivity (Wildman–Crippen MR) is 76.3 cm³/mol. The van der Waals surface area contributed by atoms with Crippen LogP contribution in [0.3, 0.4) is 0 Å². The molecule has 0 radical (unpaired) electrons. The number of ether oxygens (including phenoxy) is 1. The van der Waals surface area contributed by atoms with Crippen molar-refractivity contribution in [1.82, 2.24) is 10.2 Å². The van der Waals surface area contributed by atoms with Crippen molar-refractivity contribution in [3.8, 4) is 5.75 Å². The van der Waals surface area contributed by atoms with Crippen LogP contribution in [0, 0.1) is 0 Å². The highest BCUT2D eigenvalue weighted by molar-refractivity contribution is 6.11. The zero-order chi connectivity index (χ0) is 15.6. The Morgan fingerprint density at radius 2 is 2.00 bits per heavy atom. The van der Waals surface area contributed by atoms with Crippen molar-refractivity contribution >= 4 is 17.7 Å². The summed E-state index contributed by atoms with van der Waals surface area (Å²) in [6, 6.07) is 6.19. The molecule has 0 aliphatic carbocycles. The van der Waals surface area contributed by atoms with E-state index in [1.54, 1.807) is 31.2 Å². The molecule has 1 aromatic rings. The van der Waals surface area contributed by atoms with Crippen LogP contribution in [0.2, 0.25) is 0 Å². The first-order chi connectivity index (χ1) is 9.92. The Bertz CT molecular complexity index is 599. The van der Waals surface area contributed by atoms with Gasteiger partial charge in [-0.3, -0.25) is 14.5 Å². The van der Waals surface area contributed by atoms with Gasteiger partial charge in [0.15, 0.2) is 5.78 Å². The molecule has 1 heterocycles. The lowest BCUT2D eigenvalue weighted by molar-refractivity contribution is -0.130. The van der Waals surface area contributed by atoms with Crippen molar-refractivity contribution in [2.24, 2.45) is 0 Å². The summed E-state index contributed by atoms with van der Waals surface area (Å²) in [7, 11) is 1.47. The van der Waals surface area contributed by atoms with Gasteiger partial charge >= 0.3 is 6.03 Å². The number of benzene rings is 1. The molecule has 21 heavy (non-hydrogen) atoms. The summed E-state index contributed by atoms with van der Waals surface area (Å²) in [5, 5.41) is 2.62. The summed E-state index contributed by atoms with van der Waals surface area (Å²) in [5.74, 6) is -0.289. The molecule has 112 valence electrons. The number of amides is 3. The quantitative estimate of drug-likeness (QED) is 0.660. The Labute approximate surface area is 123 Å². The van der Waals surface area contributed by atoms with Crippen molar-refractivity contribution in [1.29, 1.82) is 0 Å². The first-order valence-corrected chi connectivity index (χ1v) is 6.73. The molecule has 1 aliphatic heterocycles. The van der Waals surface area contributed by atoms with E-state index in [-0.39, 0.29) is 18.2 Å². The summed E-state index contributed by atoms with van der Waals surface area (Å²) in [5.41, 5.74) is -0.580. The van der Waals surface area contributed by atoms with E-state index in [0.717, 1.165) is 4.90 Å². The second-order valence-electron chi connectivity index (χ2n) is 5.13. The summed E-state index contributed by atoms with van der Waals surface area (Å²) < 4.78 is 5.12. The van der Waals surface area contributed by atoms with E-state index in [2.05, 4.69) is 5.32 Å². The normalized spacial score (nSPS) is 21.4. The first-order valence-electron chi connectivity index (χ1n) is 6.73. The molecule has 0 aromatic heterocycles. The fourth-order valence-electron chi connectivity index (χ4n) is 2.23. The molecule has 2 rings (SSSR count). The number of nitrogens with one attached hydrogen (secondary N) is 1. The second kappa shape index (κ2) is 5.55. The molecule has 6 heteroatoms. The number of hydrogen-bond donors (Lipinski definition) is 1. The largest absolute Gasteiger partial charge is 0.496 e. The Hall–Kier alpha value is -2.37. The SMILES string of the molecule is CCC1(C)NC(=O)N(CC(=O)c2ccccc2OC)C1=O. The Morgan fingerprint density at radius 1 is 1.33 bits per heavy atom. The number of carbonyl (C=O) groups is 3. The fraction of sp³-hybridized carbons (Fsp3) is 0.400. The Kier molecular flexibility index (Phi) is 3.97. The lowest BCUT2D eigenvalue weighted by atomic mass is 9.99. The molecule has 0 saturated carbocycles. The van der Waals surface area contributed by atoms with Crippen molar-refractivity contribution in [3.05, 3.63) is 29.8 Å². The van der Waals surface area contributed by atoms with Gasteiger partial charge in [-0.15, -0.1) is 0 Å². The smallest absolute Gasteiger partial charge is 0.325 e. The van der Waals surface area contributed by atoms with Gasteiger partial charge in [0, 0.05) is 0 Å². The summed E-state index contributed by atoms with van der Waals surface area (Å²) in [6.07, 6.45) is 0.469. The van der Waals surface area contributed by atoms with Crippen LogP contribution in [0.5, 0.6) is 5.75 Å². The molecule has 0 bridgehead atoms. The van der Waals surface area contributed by atoms with Gasteiger partial charge in [0.1, 0.15) is 11.3 Å². The average Bonchev–Trinajstić information content (AvgIpc) is 2.71. The third-order valence-corrected chi connectivity index (χ3v) is 3.76. The van der Waals surface area contributed by atoms with Crippen molar-refractivity contribution in [2.75, 3.05) is 13.7 Å². The van der Waals surface area contributed by atoms with Gasteiger partial charge < -0.3 is 10.1 Å². The lowest BCUT2D eigenvalue weighted by Gasteiger charge is -2.19. The molecule has 0 spiro atoms.